The summed E-state index contributed by atoms with van der Waals surface area (Å²) < 4.78 is 21.1. The van der Waals surface area contributed by atoms with Crippen molar-refractivity contribution >= 4 is 45.0 Å². The Bertz CT molecular complexity index is 1310. The number of furan rings is 1. The number of nitrogens with zero attached hydrogens (tertiary/aromatic N) is 2. The second kappa shape index (κ2) is 5.38. The van der Waals surface area contributed by atoms with Gasteiger partial charge in [-0.2, -0.15) is 0 Å². The second-order valence-electron chi connectivity index (χ2n) is 6.35. The molecule has 0 saturated carbocycles. The molecule has 1 N–H and O–H groups in total. The fourth-order valence-corrected chi connectivity index (χ4v) is 3.59. The lowest BCUT2D eigenvalue weighted by molar-refractivity contribution is -0.122. The van der Waals surface area contributed by atoms with Crippen LogP contribution in [0.25, 0.3) is 33.1 Å². The normalized spacial score (nSPS) is 14.6. The topological polar surface area (TPSA) is 77.1 Å². The number of rotatable bonds is 2. The van der Waals surface area contributed by atoms with Gasteiger partial charge in [0.1, 0.15) is 12.1 Å². The summed E-state index contributed by atoms with van der Waals surface area (Å²) in [6, 6.07) is 7.85. The van der Waals surface area contributed by atoms with Crippen LogP contribution in [0.15, 0.2) is 53.4 Å². The Morgan fingerprint density at radius 2 is 1.85 bits per heavy atom. The van der Waals surface area contributed by atoms with Crippen LogP contribution in [-0.4, -0.2) is 21.4 Å². The molecule has 132 valence electrons. The number of amides is 2. The summed E-state index contributed by atoms with van der Waals surface area (Å²) in [5.74, 6) is -1.46. The first kappa shape index (κ1) is 15.5. The van der Waals surface area contributed by atoms with E-state index in [4.69, 9.17) is 4.42 Å². The number of hydrogen-bond donors (Lipinski definition) is 1. The van der Waals surface area contributed by atoms with Crippen LogP contribution in [0.1, 0.15) is 11.1 Å². The van der Waals surface area contributed by atoms with Crippen molar-refractivity contribution in [3.63, 3.8) is 0 Å². The van der Waals surface area contributed by atoms with E-state index in [2.05, 4.69) is 10.3 Å². The molecule has 1 aromatic carbocycles. The molecule has 0 spiro atoms. The zero-order chi connectivity index (χ0) is 18.7. The number of pyridine rings is 1. The van der Waals surface area contributed by atoms with Crippen LogP contribution >= 0.6 is 0 Å². The highest BCUT2D eigenvalue weighted by Gasteiger charge is 2.35. The molecule has 0 fully saturated rings. The Labute approximate surface area is 151 Å². The van der Waals surface area contributed by atoms with Crippen LogP contribution < -0.4 is 5.32 Å². The monoisotopic (exact) mass is 361 g/mol. The Kier molecular flexibility index (Phi) is 3.09. The van der Waals surface area contributed by atoms with E-state index in [1.54, 1.807) is 42.2 Å². The summed E-state index contributed by atoms with van der Waals surface area (Å²) in [5, 5.41) is 3.52. The molecule has 1 aliphatic heterocycles. The average Bonchev–Trinajstić information content (AvgIpc) is 3.28. The van der Waals surface area contributed by atoms with Gasteiger partial charge in [-0.05, 0) is 30.3 Å². The van der Waals surface area contributed by atoms with Gasteiger partial charge in [-0.25, -0.2) is 9.37 Å². The van der Waals surface area contributed by atoms with Crippen molar-refractivity contribution in [3.05, 3.63) is 65.9 Å². The molecule has 0 saturated heterocycles. The van der Waals surface area contributed by atoms with Crippen LogP contribution in [0.5, 0.6) is 0 Å². The molecule has 4 aromatic rings. The molecule has 0 atom stereocenters. The molecule has 0 aliphatic carbocycles. The van der Waals surface area contributed by atoms with Crippen molar-refractivity contribution in [2.24, 2.45) is 7.05 Å². The standard InChI is InChI=1S/C20H12FN3O3/c1-24-8-13(12-7-10(21)4-5-15(12)24)16-17(19(26)23-18(16)25)14-9-27-20-11(14)3-2-6-22-20/h2-9H,1H3,(H,23,25,26). The quantitative estimate of drug-likeness (QED) is 0.557. The Hall–Kier alpha value is -3.74. The van der Waals surface area contributed by atoms with Crippen LogP contribution in [0, 0.1) is 5.82 Å². The van der Waals surface area contributed by atoms with Gasteiger partial charge in [0.05, 0.1) is 11.1 Å². The first-order chi connectivity index (χ1) is 13.0. The van der Waals surface area contributed by atoms with Gasteiger partial charge in [-0.3, -0.25) is 14.9 Å². The highest BCUT2D eigenvalue weighted by Crippen LogP contribution is 2.38. The van der Waals surface area contributed by atoms with E-state index < -0.39 is 17.6 Å². The van der Waals surface area contributed by atoms with E-state index in [9.17, 15) is 14.0 Å². The molecule has 5 rings (SSSR count). The van der Waals surface area contributed by atoms with Crippen LogP contribution in [0.2, 0.25) is 0 Å². The molecule has 0 radical (unpaired) electrons. The van der Waals surface area contributed by atoms with Gasteiger partial charge in [0, 0.05) is 46.9 Å². The molecular weight excluding hydrogens is 349 g/mol. The lowest BCUT2D eigenvalue weighted by Gasteiger charge is -2.02. The van der Waals surface area contributed by atoms with E-state index in [0.29, 0.717) is 27.6 Å². The summed E-state index contributed by atoms with van der Waals surface area (Å²) >= 11 is 0. The predicted octanol–water partition coefficient (Wildman–Crippen LogP) is 3.03. The number of halogens is 1. The zero-order valence-electron chi connectivity index (χ0n) is 14.1. The number of fused-ring (bicyclic) bond motifs is 2. The van der Waals surface area contributed by atoms with E-state index in [1.807, 2.05) is 0 Å². The Balaban J connectivity index is 1.87. The molecule has 3 aromatic heterocycles. The van der Waals surface area contributed by atoms with Crippen LogP contribution in [0.4, 0.5) is 4.39 Å². The van der Waals surface area contributed by atoms with Crippen molar-refractivity contribution in [1.82, 2.24) is 14.9 Å². The summed E-state index contributed by atoms with van der Waals surface area (Å²) in [4.78, 5) is 29.3. The van der Waals surface area contributed by atoms with Crippen molar-refractivity contribution in [2.75, 3.05) is 0 Å². The maximum absolute atomic E-state index is 13.8. The van der Waals surface area contributed by atoms with Crippen molar-refractivity contribution < 1.29 is 18.4 Å². The number of hydrogen-bond acceptors (Lipinski definition) is 4. The first-order valence-electron chi connectivity index (χ1n) is 8.22. The predicted molar refractivity (Wildman–Crippen MR) is 96.8 cm³/mol. The molecule has 2 amide bonds. The molecular formula is C20H12FN3O3. The lowest BCUT2D eigenvalue weighted by atomic mass is 9.96. The van der Waals surface area contributed by atoms with Gasteiger partial charge in [0.2, 0.25) is 5.71 Å². The molecule has 1 aliphatic rings. The summed E-state index contributed by atoms with van der Waals surface area (Å²) in [6.45, 7) is 0. The molecule has 0 bridgehead atoms. The highest BCUT2D eigenvalue weighted by atomic mass is 19.1. The van der Waals surface area contributed by atoms with E-state index in [0.717, 1.165) is 5.52 Å². The largest absolute Gasteiger partial charge is 0.445 e. The number of carbonyl (C=O) groups is 2. The van der Waals surface area contributed by atoms with E-state index in [-0.39, 0.29) is 11.1 Å². The van der Waals surface area contributed by atoms with Crippen molar-refractivity contribution in [3.8, 4) is 0 Å². The number of aromatic nitrogens is 2. The molecule has 0 unspecified atom stereocenters. The minimum absolute atomic E-state index is 0.197. The average molecular weight is 361 g/mol. The maximum Gasteiger partial charge on any atom is 0.259 e. The van der Waals surface area contributed by atoms with Crippen molar-refractivity contribution in [2.45, 2.75) is 0 Å². The third kappa shape index (κ3) is 2.15. The summed E-state index contributed by atoms with van der Waals surface area (Å²) in [5.41, 5.74) is 2.49. The Morgan fingerprint density at radius 1 is 1.07 bits per heavy atom. The number of benzene rings is 1. The summed E-state index contributed by atoms with van der Waals surface area (Å²) in [7, 11) is 1.80. The third-order valence-corrected chi connectivity index (χ3v) is 4.77. The maximum atomic E-state index is 13.8. The first-order valence-corrected chi connectivity index (χ1v) is 8.22. The van der Waals surface area contributed by atoms with E-state index >= 15 is 0 Å². The second-order valence-corrected chi connectivity index (χ2v) is 6.35. The minimum Gasteiger partial charge on any atom is -0.445 e. The van der Waals surface area contributed by atoms with Crippen LogP contribution in [-0.2, 0) is 16.6 Å². The molecule has 4 heterocycles. The summed E-state index contributed by atoms with van der Waals surface area (Å²) in [6.07, 6.45) is 4.72. The van der Waals surface area contributed by atoms with Gasteiger partial charge >= 0.3 is 0 Å². The van der Waals surface area contributed by atoms with Gasteiger partial charge in [0.15, 0.2) is 0 Å². The van der Waals surface area contributed by atoms with Gasteiger partial charge in [-0.1, -0.05) is 0 Å². The molecule has 7 heteroatoms. The molecule has 27 heavy (non-hydrogen) atoms. The Morgan fingerprint density at radius 3 is 2.67 bits per heavy atom. The number of nitrogens with one attached hydrogen (secondary N) is 1. The SMILES string of the molecule is Cn1cc(C2=C(c3coc4ncccc34)C(=O)NC2=O)c2cc(F)ccc21. The third-order valence-electron chi connectivity index (χ3n) is 4.77. The fraction of sp³-hybridized carbons (Fsp3) is 0.0500. The van der Waals surface area contributed by atoms with Gasteiger partial charge in [-0.15, -0.1) is 0 Å². The molecule has 6 nitrogen and oxygen atoms in total. The zero-order valence-corrected chi connectivity index (χ0v) is 14.1. The lowest BCUT2D eigenvalue weighted by Crippen LogP contribution is -2.22. The van der Waals surface area contributed by atoms with E-state index in [1.165, 1.54) is 18.4 Å². The minimum atomic E-state index is -0.523. The number of aryl methyl sites for hydroxylation is 1. The fourth-order valence-electron chi connectivity index (χ4n) is 3.59. The number of carbonyl (C=O) groups excluding carboxylic acids is 2. The number of imide groups is 1. The van der Waals surface area contributed by atoms with Gasteiger partial charge in [0.25, 0.3) is 11.8 Å². The van der Waals surface area contributed by atoms with Gasteiger partial charge < -0.3 is 8.98 Å². The van der Waals surface area contributed by atoms with Crippen LogP contribution in [0.3, 0.4) is 0 Å². The van der Waals surface area contributed by atoms with Crippen molar-refractivity contribution in [1.29, 1.82) is 0 Å². The smallest absolute Gasteiger partial charge is 0.259 e. The highest BCUT2D eigenvalue weighted by molar-refractivity contribution is 6.50.